The van der Waals surface area contributed by atoms with Gasteiger partial charge in [-0.2, -0.15) is 0 Å². The SMILES string of the molecule is NC(=O)CN(CCc1ncc(-c2cccc([N+](=O)[O-])c2)o1)CCC1CCCCC1. The highest BCUT2D eigenvalue weighted by Crippen LogP contribution is 2.27. The summed E-state index contributed by atoms with van der Waals surface area (Å²) in [5.41, 5.74) is 6.04. The fourth-order valence-electron chi connectivity index (χ4n) is 3.92. The fourth-order valence-corrected chi connectivity index (χ4v) is 3.92. The smallest absolute Gasteiger partial charge is 0.270 e. The summed E-state index contributed by atoms with van der Waals surface area (Å²) in [6, 6.07) is 6.28. The Bertz CT molecular complexity index is 830. The van der Waals surface area contributed by atoms with Crippen LogP contribution in [0.4, 0.5) is 5.69 Å². The lowest BCUT2D eigenvalue weighted by Crippen LogP contribution is -2.36. The molecule has 8 nitrogen and oxygen atoms in total. The fraction of sp³-hybridized carbons (Fsp3) is 0.524. The minimum atomic E-state index is -0.436. The Morgan fingerprint density at radius 2 is 2.07 bits per heavy atom. The Hall–Kier alpha value is -2.74. The topological polar surface area (TPSA) is 116 Å². The molecule has 2 aromatic rings. The van der Waals surface area contributed by atoms with Crippen LogP contribution in [0.25, 0.3) is 11.3 Å². The second kappa shape index (κ2) is 10.2. The average Bonchev–Trinajstić information content (AvgIpc) is 3.20. The van der Waals surface area contributed by atoms with Gasteiger partial charge in [0.15, 0.2) is 11.7 Å². The van der Waals surface area contributed by atoms with Crippen LogP contribution >= 0.6 is 0 Å². The van der Waals surface area contributed by atoms with Crippen LogP contribution in [-0.4, -0.2) is 40.3 Å². The van der Waals surface area contributed by atoms with Crippen molar-refractivity contribution in [1.29, 1.82) is 0 Å². The molecule has 0 bridgehead atoms. The van der Waals surface area contributed by atoms with E-state index in [9.17, 15) is 14.9 Å². The highest BCUT2D eigenvalue weighted by Gasteiger charge is 2.17. The predicted octanol–water partition coefficient (Wildman–Crippen LogP) is 3.55. The van der Waals surface area contributed by atoms with Crippen molar-refractivity contribution in [2.45, 2.75) is 44.9 Å². The maximum Gasteiger partial charge on any atom is 0.270 e. The third-order valence-electron chi connectivity index (χ3n) is 5.49. The molecule has 0 radical (unpaired) electrons. The summed E-state index contributed by atoms with van der Waals surface area (Å²) >= 11 is 0. The van der Waals surface area contributed by atoms with Gasteiger partial charge in [0.2, 0.25) is 5.91 Å². The molecule has 8 heteroatoms. The van der Waals surface area contributed by atoms with E-state index in [0.717, 1.165) is 18.9 Å². The van der Waals surface area contributed by atoms with E-state index in [4.69, 9.17) is 10.2 Å². The van der Waals surface area contributed by atoms with Crippen LogP contribution in [0.5, 0.6) is 0 Å². The Kier molecular flexibility index (Phi) is 7.35. The van der Waals surface area contributed by atoms with Crippen LogP contribution in [0.1, 0.15) is 44.4 Å². The van der Waals surface area contributed by atoms with Crippen molar-refractivity contribution in [2.75, 3.05) is 19.6 Å². The quantitative estimate of drug-likeness (QED) is 0.482. The van der Waals surface area contributed by atoms with Gasteiger partial charge in [-0.1, -0.05) is 44.2 Å². The molecule has 1 aromatic carbocycles. The van der Waals surface area contributed by atoms with Crippen LogP contribution in [0.3, 0.4) is 0 Å². The number of nitro groups is 1. The minimum Gasteiger partial charge on any atom is -0.441 e. The summed E-state index contributed by atoms with van der Waals surface area (Å²) in [7, 11) is 0. The zero-order valence-corrected chi connectivity index (χ0v) is 16.6. The molecular formula is C21H28N4O4. The number of carbonyl (C=O) groups excluding carboxylic acids is 1. The van der Waals surface area contributed by atoms with E-state index in [1.807, 2.05) is 0 Å². The van der Waals surface area contributed by atoms with Crippen molar-refractivity contribution >= 4 is 11.6 Å². The number of primary amides is 1. The molecule has 0 saturated heterocycles. The lowest BCUT2D eigenvalue weighted by molar-refractivity contribution is -0.384. The normalized spacial score (nSPS) is 14.9. The molecule has 0 spiro atoms. The maximum absolute atomic E-state index is 11.4. The second-order valence-electron chi connectivity index (χ2n) is 7.71. The van der Waals surface area contributed by atoms with E-state index in [0.29, 0.717) is 30.2 Å². The third-order valence-corrected chi connectivity index (χ3v) is 5.49. The number of benzene rings is 1. The largest absolute Gasteiger partial charge is 0.441 e. The summed E-state index contributed by atoms with van der Waals surface area (Å²) < 4.78 is 5.78. The number of hydrogen-bond acceptors (Lipinski definition) is 6. The molecule has 1 aliphatic carbocycles. The standard InChI is InChI=1S/C21H28N4O4/c22-20(26)15-24(11-9-16-5-2-1-3-6-16)12-10-21-23-14-19(29-21)17-7-4-8-18(13-17)25(27)28/h4,7-8,13-14,16H,1-3,5-6,9-12,15H2,(H2,22,26). The Labute approximate surface area is 170 Å². The first-order chi connectivity index (χ1) is 14.0. The van der Waals surface area contributed by atoms with Gasteiger partial charge in [0.1, 0.15) is 0 Å². The van der Waals surface area contributed by atoms with Gasteiger partial charge in [-0.05, 0) is 18.9 Å². The zero-order valence-electron chi connectivity index (χ0n) is 16.6. The van der Waals surface area contributed by atoms with Crippen molar-refractivity contribution in [3.63, 3.8) is 0 Å². The number of nitro benzene ring substituents is 1. The number of oxazole rings is 1. The molecule has 29 heavy (non-hydrogen) atoms. The number of aromatic nitrogens is 1. The van der Waals surface area contributed by atoms with E-state index in [1.165, 1.54) is 44.2 Å². The Morgan fingerprint density at radius 3 is 2.79 bits per heavy atom. The number of hydrogen-bond donors (Lipinski definition) is 1. The third kappa shape index (κ3) is 6.39. The number of non-ortho nitro benzene ring substituents is 1. The van der Waals surface area contributed by atoms with Crippen molar-refractivity contribution in [1.82, 2.24) is 9.88 Å². The lowest BCUT2D eigenvalue weighted by Gasteiger charge is -2.26. The molecule has 1 aliphatic rings. The van der Waals surface area contributed by atoms with Gasteiger partial charge in [0.25, 0.3) is 5.69 Å². The first-order valence-corrected chi connectivity index (χ1v) is 10.2. The van der Waals surface area contributed by atoms with E-state index in [2.05, 4.69) is 9.88 Å². The summed E-state index contributed by atoms with van der Waals surface area (Å²) in [4.78, 5) is 28.3. The number of amides is 1. The number of nitrogens with two attached hydrogens (primary N) is 1. The first kappa shape index (κ1) is 21.0. The molecule has 0 aliphatic heterocycles. The minimum absolute atomic E-state index is 0.01000. The molecule has 156 valence electrons. The van der Waals surface area contributed by atoms with E-state index < -0.39 is 4.92 Å². The molecule has 1 aromatic heterocycles. The summed E-state index contributed by atoms with van der Waals surface area (Å²) in [5, 5.41) is 10.9. The van der Waals surface area contributed by atoms with Gasteiger partial charge in [0, 0.05) is 30.7 Å². The van der Waals surface area contributed by atoms with Crippen LogP contribution < -0.4 is 5.73 Å². The van der Waals surface area contributed by atoms with Gasteiger partial charge >= 0.3 is 0 Å². The molecule has 1 heterocycles. The Balaban J connectivity index is 1.57. The van der Waals surface area contributed by atoms with Gasteiger partial charge < -0.3 is 10.2 Å². The number of nitrogens with zero attached hydrogens (tertiary/aromatic N) is 3. The molecule has 1 fully saturated rings. The Morgan fingerprint density at radius 1 is 1.28 bits per heavy atom. The molecule has 0 unspecified atom stereocenters. The van der Waals surface area contributed by atoms with E-state index in [1.54, 1.807) is 18.3 Å². The second-order valence-corrected chi connectivity index (χ2v) is 7.71. The van der Waals surface area contributed by atoms with Crippen LogP contribution in [0.15, 0.2) is 34.9 Å². The van der Waals surface area contributed by atoms with Crippen LogP contribution in [-0.2, 0) is 11.2 Å². The highest BCUT2D eigenvalue weighted by atomic mass is 16.6. The van der Waals surface area contributed by atoms with E-state index in [-0.39, 0.29) is 18.1 Å². The molecule has 1 saturated carbocycles. The van der Waals surface area contributed by atoms with E-state index >= 15 is 0 Å². The van der Waals surface area contributed by atoms with Crippen molar-refractivity contribution in [2.24, 2.45) is 11.7 Å². The monoisotopic (exact) mass is 400 g/mol. The summed E-state index contributed by atoms with van der Waals surface area (Å²) in [6.07, 6.45) is 9.69. The van der Waals surface area contributed by atoms with Crippen molar-refractivity contribution in [3.05, 3.63) is 46.5 Å². The molecule has 2 N–H and O–H groups in total. The highest BCUT2D eigenvalue weighted by molar-refractivity contribution is 5.75. The van der Waals surface area contributed by atoms with Gasteiger partial charge in [0.05, 0.1) is 17.7 Å². The lowest BCUT2D eigenvalue weighted by atomic mass is 9.87. The summed E-state index contributed by atoms with van der Waals surface area (Å²) in [6.45, 7) is 1.70. The van der Waals surface area contributed by atoms with Crippen molar-refractivity contribution < 1.29 is 14.1 Å². The average molecular weight is 400 g/mol. The number of rotatable bonds is 10. The van der Waals surface area contributed by atoms with Crippen molar-refractivity contribution in [3.8, 4) is 11.3 Å². The van der Waals surface area contributed by atoms with Gasteiger partial charge in [-0.15, -0.1) is 0 Å². The summed E-state index contributed by atoms with van der Waals surface area (Å²) in [5.74, 6) is 1.44. The molecule has 3 rings (SSSR count). The zero-order chi connectivity index (χ0) is 20.6. The van der Waals surface area contributed by atoms with Gasteiger partial charge in [-0.3, -0.25) is 19.8 Å². The first-order valence-electron chi connectivity index (χ1n) is 10.2. The predicted molar refractivity (Wildman–Crippen MR) is 109 cm³/mol. The van der Waals surface area contributed by atoms with Crippen LogP contribution in [0.2, 0.25) is 0 Å². The number of carbonyl (C=O) groups is 1. The molecule has 0 atom stereocenters. The maximum atomic E-state index is 11.4. The molecule has 1 amide bonds. The van der Waals surface area contributed by atoms with Gasteiger partial charge in [-0.25, -0.2) is 4.98 Å². The molecular weight excluding hydrogens is 372 g/mol. The van der Waals surface area contributed by atoms with Crippen LogP contribution in [0, 0.1) is 16.0 Å².